The Morgan fingerprint density at radius 3 is 2.77 bits per heavy atom. The minimum Gasteiger partial charge on any atom is -0.481 e. The number of carbonyl (C=O) groups excluding carboxylic acids is 2. The molecule has 1 atom stereocenters. The van der Waals surface area contributed by atoms with Gasteiger partial charge in [-0.3, -0.25) is 19.9 Å². The fraction of sp³-hybridized carbons (Fsp3) is 0.550. The van der Waals surface area contributed by atoms with E-state index in [9.17, 15) is 19.5 Å². The molecule has 0 aromatic carbocycles. The monoisotopic (exact) mass is 432 g/mol. The van der Waals surface area contributed by atoms with Crippen molar-refractivity contribution in [3.8, 4) is 5.88 Å². The summed E-state index contributed by atoms with van der Waals surface area (Å²) in [6, 6.07) is 3.03. The number of methoxy groups -OCH3 is 1. The summed E-state index contributed by atoms with van der Waals surface area (Å²) >= 11 is 0. The van der Waals surface area contributed by atoms with Crippen LogP contribution in [0.25, 0.3) is 0 Å². The van der Waals surface area contributed by atoms with E-state index in [1.807, 2.05) is 0 Å². The topological polar surface area (TPSA) is 136 Å². The average Bonchev–Trinajstić information content (AvgIpc) is 3.12. The van der Waals surface area contributed by atoms with Crippen LogP contribution in [0.5, 0.6) is 5.88 Å². The standard InChI is InChI=1S/C20H28N6O5/c1-31-17-6-5-14(12-23-17)15(18(28)29)13-26-11-10-25(20(26)30)9-2-4-16(27)24-19-21-7-3-8-22-19/h5-6,12,15H,2-4,7-11,13H2,1H3,(H,28,29)(H2,21,22,24,27)/t15-/m1/s1. The highest BCUT2D eigenvalue weighted by atomic mass is 16.5. The van der Waals surface area contributed by atoms with Crippen molar-refractivity contribution in [2.45, 2.75) is 25.2 Å². The quantitative estimate of drug-likeness (QED) is 0.508. The molecule has 0 saturated carbocycles. The van der Waals surface area contributed by atoms with Crippen LogP contribution in [0.2, 0.25) is 0 Å². The number of urea groups is 1. The molecule has 3 heterocycles. The van der Waals surface area contributed by atoms with Crippen LogP contribution in [0.3, 0.4) is 0 Å². The molecule has 168 valence electrons. The number of ether oxygens (including phenoxy) is 1. The third kappa shape index (κ3) is 6.06. The maximum atomic E-state index is 12.7. The van der Waals surface area contributed by atoms with Gasteiger partial charge in [0.2, 0.25) is 11.8 Å². The molecule has 0 spiro atoms. The molecule has 11 heteroatoms. The molecule has 3 rings (SSSR count). The third-order valence-electron chi connectivity index (χ3n) is 5.24. The predicted octanol–water partition coefficient (Wildman–Crippen LogP) is 0.242. The van der Waals surface area contributed by atoms with E-state index in [0.29, 0.717) is 50.0 Å². The molecule has 1 fully saturated rings. The van der Waals surface area contributed by atoms with E-state index < -0.39 is 11.9 Å². The van der Waals surface area contributed by atoms with E-state index in [2.05, 4.69) is 20.6 Å². The zero-order valence-corrected chi connectivity index (χ0v) is 17.5. The second-order valence-electron chi connectivity index (χ2n) is 7.40. The number of hydrogen-bond acceptors (Lipinski definition) is 7. The first kappa shape index (κ1) is 22.3. The van der Waals surface area contributed by atoms with Crippen LogP contribution >= 0.6 is 0 Å². The van der Waals surface area contributed by atoms with Crippen LogP contribution in [0, 0.1) is 0 Å². The van der Waals surface area contributed by atoms with Crippen LogP contribution in [-0.4, -0.2) is 90.1 Å². The first-order valence-corrected chi connectivity index (χ1v) is 10.3. The molecule has 3 amide bonds. The van der Waals surface area contributed by atoms with E-state index >= 15 is 0 Å². The number of guanidine groups is 1. The van der Waals surface area contributed by atoms with Gasteiger partial charge in [-0.05, 0) is 18.4 Å². The number of pyridine rings is 1. The van der Waals surface area contributed by atoms with Crippen molar-refractivity contribution >= 4 is 23.9 Å². The van der Waals surface area contributed by atoms with Gasteiger partial charge in [-0.1, -0.05) is 6.07 Å². The summed E-state index contributed by atoms with van der Waals surface area (Å²) in [5.41, 5.74) is 0.510. The lowest BCUT2D eigenvalue weighted by Crippen LogP contribution is -2.43. The van der Waals surface area contributed by atoms with Crippen molar-refractivity contribution in [1.82, 2.24) is 25.4 Å². The van der Waals surface area contributed by atoms with Crippen molar-refractivity contribution in [1.29, 1.82) is 0 Å². The Balaban J connectivity index is 1.47. The average molecular weight is 432 g/mol. The van der Waals surface area contributed by atoms with Crippen molar-refractivity contribution in [2.24, 2.45) is 4.99 Å². The summed E-state index contributed by atoms with van der Waals surface area (Å²) in [6.07, 6.45) is 3.20. The highest BCUT2D eigenvalue weighted by molar-refractivity contribution is 5.97. The molecule has 3 N–H and O–H groups in total. The van der Waals surface area contributed by atoms with Crippen LogP contribution < -0.4 is 15.4 Å². The van der Waals surface area contributed by atoms with Gasteiger partial charge in [0.05, 0.1) is 7.11 Å². The normalized spacial score (nSPS) is 17.1. The molecule has 31 heavy (non-hydrogen) atoms. The minimum absolute atomic E-state index is 0.0602. The summed E-state index contributed by atoms with van der Waals surface area (Å²) in [7, 11) is 1.48. The Kier molecular flexibility index (Phi) is 7.63. The Bertz CT molecular complexity index is 828. The molecular weight excluding hydrogens is 404 g/mol. The Morgan fingerprint density at radius 1 is 1.32 bits per heavy atom. The molecule has 0 unspecified atom stereocenters. The largest absolute Gasteiger partial charge is 0.481 e. The van der Waals surface area contributed by atoms with Gasteiger partial charge in [-0.2, -0.15) is 0 Å². The predicted molar refractivity (Wildman–Crippen MR) is 112 cm³/mol. The number of aliphatic imine (C=N–C) groups is 1. The highest BCUT2D eigenvalue weighted by Crippen LogP contribution is 2.21. The highest BCUT2D eigenvalue weighted by Gasteiger charge is 2.32. The zero-order valence-electron chi connectivity index (χ0n) is 17.5. The first-order chi connectivity index (χ1) is 15.0. The molecule has 1 saturated heterocycles. The fourth-order valence-corrected chi connectivity index (χ4v) is 3.52. The number of carboxylic acid groups (broad SMARTS) is 1. The van der Waals surface area contributed by atoms with Crippen LogP contribution in [0.15, 0.2) is 23.3 Å². The number of nitrogens with zero attached hydrogens (tertiary/aromatic N) is 4. The smallest absolute Gasteiger partial charge is 0.320 e. The van der Waals surface area contributed by atoms with E-state index in [4.69, 9.17) is 4.74 Å². The minimum atomic E-state index is -1.02. The molecule has 0 aliphatic carbocycles. The van der Waals surface area contributed by atoms with Crippen LogP contribution in [-0.2, 0) is 9.59 Å². The molecule has 0 radical (unpaired) electrons. The maximum Gasteiger partial charge on any atom is 0.320 e. The van der Waals surface area contributed by atoms with E-state index in [-0.39, 0.29) is 24.9 Å². The molecular formula is C20H28N6O5. The molecule has 2 aliphatic heterocycles. The Labute approximate surface area is 180 Å². The van der Waals surface area contributed by atoms with E-state index in [0.717, 1.165) is 13.0 Å². The Morgan fingerprint density at radius 2 is 2.13 bits per heavy atom. The van der Waals surface area contributed by atoms with Crippen LogP contribution in [0.4, 0.5) is 4.79 Å². The lowest BCUT2D eigenvalue weighted by atomic mass is 10.0. The zero-order chi connectivity index (χ0) is 22.2. The van der Waals surface area contributed by atoms with Gasteiger partial charge < -0.3 is 25.0 Å². The van der Waals surface area contributed by atoms with Crippen molar-refractivity contribution < 1.29 is 24.2 Å². The van der Waals surface area contributed by atoms with Gasteiger partial charge in [-0.15, -0.1) is 0 Å². The number of carbonyl (C=O) groups is 3. The van der Waals surface area contributed by atoms with Crippen molar-refractivity contribution in [3.05, 3.63) is 23.9 Å². The van der Waals surface area contributed by atoms with Gasteiger partial charge in [0, 0.05) is 58.0 Å². The van der Waals surface area contributed by atoms with Crippen molar-refractivity contribution in [2.75, 3.05) is 46.4 Å². The van der Waals surface area contributed by atoms with Gasteiger partial charge in [-0.25, -0.2) is 9.78 Å². The SMILES string of the molecule is COc1ccc([C@@H](CN2CCN(CCCC(=O)NC3=NCCCN3)C2=O)C(=O)O)cn1. The molecule has 1 aromatic heterocycles. The number of rotatable bonds is 9. The van der Waals surface area contributed by atoms with Gasteiger partial charge in [0.1, 0.15) is 5.92 Å². The second-order valence-corrected chi connectivity index (χ2v) is 7.40. The number of aliphatic carboxylic acids is 1. The molecule has 11 nitrogen and oxygen atoms in total. The fourth-order valence-electron chi connectivity index (χ4n) is 3.52. The summed E-state index contributed by atoms with van der Waals surface area (Å²) in [5.74, 6) is -1.14. The number of amides is 3. The molecule has 2 aliphatic rings. The van der Waals surface area contributed by atoms with E-state index in [1.54, 1.807) is 17.0 Å². The number of carboxylic acids is 1. The number of hydrogen-bond donors (Lipinski definition) is 3. The Hall–Kier alpha value is -3.37. The summed E-state index contributed by atoms with van der Waals surface area (Å²) in [6.45, 7) is 2.93. The second kappa shape index (κ2) is 10.6. The third-order valence-corrected chi connectivity index (χ3v) is 5.24. The summed E-state index contributed by atoms with van der Waals surface area (Å²) < 4.78 is 5.00. The van der Waals surface area contributed by atoms with E-state index in [1.165, 1.54) is 18.2 Å². The van der Waals surface area contributed by atoms with Gasteiger partial charge in [0.25, 0.3) is 0 Å². The molecule has 0 bridgehead atoms. The van der Waals surface area contributed by atoms with Crippen LogP contribution in [0.1, 0.15) is 30.7 Å². The summed E-state index contributed by atoms with van der Waals surface area (Å²) in [5, 5.41) is 15.4. The molecule has 1 aromatic rings. The van der Waals surface area contributed by atoms with Crippen molar-refractivity contribution in [3.63, 3.8) is 0 Å². The summed E-state index contributed by atoms with van der Waals surface area (Å²) in [4.78, 5) is 47.9. The van der Waals surface area contributed by atoms with Gasteiger partial charge in [0.15, 0.2) is 5.96 Å². The van der Waals surface area contributed by atoms with Gasteiger partial charge >= 0.3 is 12.0 Å². The maximum absolute atomic E-state index is 12.7. The number of nitrogens with one attached hydrogen (secondary N) is 2. The number of aromatic nitrogens is 1. The lowest BCUT2D eigenvalue weighted by Gasteiger charge is -2.22. The first-order valence-electron chi connectivity index (χ1n) is 10.3. The lowest BCUT2D eigenvalue weighted by molar-refractivity contribution is -0.139.